The number of aromatic amines is 1. The first-order chi connectivity index (χ1) is 12.6. The van der Waals surface area contributed by atoms with Gasteiger partial charge in [-0.1, -0.05) is 18.2 Å². The van der Waals surface area contributed by atoms with E-state index in [9.17, 15) is 14.4 Å². The summed E-state index contributed by atoms with van der Waals surface area (Å²) in [5.41, 5.74) is 1.21. The molecule has 0 amide bonds. The number of methoxy groups -OCH3 is 2. The maximum Gasteiger partial charge on any atom is 0.339 e. The second-order valence-electron chi connectivity index (χ2n) is 5.99. The molecule has 1 aromatic heterocycles. The molecule has 0 saturated carbocycles. The van der Waals surface area contributed by atoms with E-state index in [1.54, 1.807) is 12.1 Å². The van der Waals surface area contributed by atoms with Crippen LogP contribution in [0.5, 0.6) is 0 Å². The highest BCUT2D eigenvalue weighted by Crippen LogP contribution is 2.29. The van der Waals surface area contributed by atoms with Gasteiger partial charge in [0.2, 0.25) is 0 Å². The molecule has 2 aromatic rings. The van der Waals surface area contributed by atoms with Crippen molar-refractivity contribution < 1.29 is 19.1 Å². The Morgan fingerprint density at radius 2 is 1.65 bits per heavy atom. The Balaban J connectivity index is 2.30. The van der Waals surface area contributed by atoms with Crippen molar-refractivity contribution >= 4 is 17.5 Å². The van der Waals surface area contributed by atoms with Crippen molar-refractivity contribution in [3.8, 4) is 5.69 Å². The van der Waals surface area contributed by atoms with Crippen LogP contribution in [0.25, 0.3) is 11.3 Å². The maximum absolute atomic E-state index is 13.1. The highest BCUT2D eigenvalue weighted by Gasteiger charge is 2.31. The van der Waals surface area contributed by atoms with E-state index < -0.39 is 17.5 Å². The molecule has 1 aliphatic rings. The highest BCUT2D eigenvalue weighted by atomic mass is 16.5. The fourth-order valence-electron chi connectivity index (χ4n) is 3.21. The standard InChI is InChI=1S/C19H20N2O5/c1-25-18(23)13-10-6-7-11-14-16(15(13)19(24)26-2)17(22)21(20-14)12-8-4-3-5-9-12/h3-5,8-9,20H,6-7,10-11H2,1-2H3/b15-13-. The second-order valence-corrected chi connectivity index (χ2v) is 5.99. The first-order valence-electron chi connectivity index (χ1n) is 8.38. The molecule has 7 heteroatoms. The van der Waals surface area contributed by atoms with E-state index in [1.807, 2.05) is 18.2 Å². The molecule has 0 fully saturated rings. The van der Waals surface area contributed by atoms with Gasteiger partial charge < -0.3 is 9.47 Å². The molecule has 0 bridgehead atoms. The Bertz CT molecular complexity index is 921. The molecule has 136 valence electrons. The molecular weight excluding hydrogens is 336 g/mol. The number of H-pyrrole nitrogens is 1. The van der Waals surface area contributed by atoms with Crippen LogP contribution in [0, 0.1) is 0 Å². The fraction of sp³-hybridized carbons (Fsp3) is 0.316. The molecule has 1 aromatic carbocycles. The van der Waals surface area contributed by atoms with Crippen molar-refractivity contribution in [1.29, 1.82) is 0 Å². The number of carbonyl (C=O) groups excluding carboxylic acids is 2. The van der Waals surface area contributed by atoms with Crippen LogP contribution in [0.4, 0.5) is 0 Å². The van der Waals surface area contributed by atoms with Gasteiger partial charge in [-0.25, -0.2) is 14.3 Å². The summed E-state index contributed by atoms with van der Waals surface area (Å²) in [6.07, 6.45) is 2.42. The Morgan fingerprint density at radius 3 is 2.31 bits per heavy atom. The van der Waals surface area contributed by atoms with E-state index >= 15 is 0 Å². The molecule has 7 nitrogen and oxygen atoms in total. The summed E-state index contributed by atoms with van der Waals surface area (Å²) in [4.78, 5) is 37.8. The van der Waals surface area contributed by atoms with Gasteiger partial charge >= 0.3 is 11.9 Å². The zero-order valence-corrected chi connectivity index (χ0v) is 14.7. The van der Waals surface area contributed by atoms with Crippen LogP contribution in [0.1, 0.15) is 30.5 Å². The first-order valence-corrected chi connectivity index (χ1v) is 8.38. The summed E-state index contributed by atoms with van der Waals surface area (Å²) in [5.74, 6) is -1.34. The Kier molecular flexibility index (Phi) is 5.06. The van der Waals surface area contributed by atoms with Gasteiger partial charge in [0.25, 0.3) is 5.56 Å². The molecule has 3 rings (SSSR count). The van der Waals surface area contributed by atoms with E-state index in [-0.39, 0.29) is 16.7 Å². The number of hydrogen-bond donors (Lipinski definition) is 1. The van der Waals surface area contributed by atoms with Gasteiger partial charge in [-0.2, -0.15) is 0 Å². The lowest BCUT2D eigenvalue weighted by molar-refractivity contribution is -0.138. The van der Waals surface area contributed by atoms with Crippen molar-refractivity contribution in [2.45, 2.75) is 25.7 Å². The molecule has 1 N–H and O–H groups in total. The van der Waals surface area contributed by atoms with Gasteiger partial charge in [0.1, 0.15) is 0 Å². The number of esters is 2. The van der Waals surface area contributed by atoms with Crippen molar-refractivity contribution in [2.24, 2.45) is 0 Å². The average Bonchev–Trinajstić information content (AvgIpc) is 2.97. The molecule has 0 radical (unpaired) electrons. The number of fused-ring (bicyclic) bond motifs is 1. The smallest absolute Gasteiger partial charge is 0.339 e. The van der Waals surface area contributed by atoms with Crippen molar-refractivity contribution in [3.63, 3.8) is 0 Å². The number of hydrogen-bond acceptors (Lipinski definition) is 5. The lowest BCUT2D eigenvalue weighted by atomic mass is 9.91. The van der Waals surface area contributed by atoms with E-state index in [2.05, 4.69) is 5.10 Å². The van der Waals surface area contributed by atoms with Crippen LogP contribution < -0.4 is 5.56 Å². The maximum atomic E-state index is 13.1. The van der Waals surface area contributed by atoms with Crippen LogP contribution >= 0.6 is 0 Å². The van der Waals surface area contributed by atoms with Crippen LogP contribution in [-0.4, -0.2) is 35.9 Å². The minimum Gasteiger partial charge on any atom is -0.466 e. The summed E-state index contributed by atoms with van der Waals surface area (Å²) in [7, 11) is 2.48. The first kappa shape index (κ1) is 17.7. The quantitative estimate of drug-likeness (QED) is 0.850. The fourth-order valence-corrected chi connectivity index (χ4v) is 3.21. The van der Waals surface area contributed by atoms with Gasteiger partial charge in [-0.15, -0.1) is 0 Å². The van der Waals surface area contributed by atoms with Crippen molar-refractivity contribution in [2.75, 3.05) is 14.2 Å². The molecule has 0 atom stereocenters. The third kappa shape index (κ3) is 3.08. The number of para-hydroxylation sites is 1. The second kappa shape index (κ2) is 7.43. The minimum absolute atomic E-state index is 0.00928. The van der Waals surface area contributed by atoms with Crippen LogP contribution in [0.3, 0.4) is 0 Å². The van der Waals surface area contributed by atoms with Crippen LogP contribution in [-0.2, 0) is 25.5 Å². The summed E-state index contributed by atoms with van der Waals surface area (Å²) >= 11 is 0. The van der Waals surface area contributed by atoms with Gasteiger partial charge in [-0.05, 0) is 37.8 Å². The zero-order chi connectivity index (χ0) is 18.7. The highest BCUT2D eigenvalue weighted by molar-refractivity contribution is 6.23. The summed E-state index contributed by atoms with van der Waals surface area (Å²) in [6.45, 7) is 0. The van der Waals surface area contributed by atoms with E-state index in [1.165, 1.54) is 18.9 Å². The summed E-state index contributed by atoms with van der Waals surface area (Å²) in [6, 6.07) is 9.05. The lowest BCUT2D eigenvalue weighted by Crippen LogP contribution is -2.23. The van der Waals surface area contributed by atoms with Crippen LogP contribution in [0.2, 0.25) is 0 Å². The largest absolute Gasteiger partial charge is 0.466 e. The van der Waals surface area contributed by atoms with Gasteiger partial charge in [0.05, 0.1) is 36.6 Å². The third-order valence-corrected chi connectivity index (χ3v) is 4.46. The predicted molar refractivity (Wildman–Crippen MR) is 94.9 cm³/mol. The molecule has 1 heterocycles. The Morgan fingerprint density at radius 1 is 1.00 bits per heavy atom. The number of nitrogens with one attached hydrogen (secondary N) is 1. The number of nitrogens with zero attached hydrogens (tertiary/aromatic N) is 1. The molecule has 0 unspecified atom stereocenters. The summed E-state index contributed by atoms with van der Waals surface area (Å²) in [5, 5.41) is 3.08. The number of aryl methyl sites for hydroxylation is 1. The monoisotopic (exact) mass is 356 g/mol. The third-order valence-electron chi connectivity index (χ3n) is 4.46. The minimum atomic E-state index is -0.718. The predicted octanol–water partition coefficient (Wildman–Crippen LogP) is 1.99. The number of aromatic nitrogens is 2. The molecule has 0 spiro atoms. The molecule has 0 saturated heterocycles. The molecular formula is C19H20N2O5. The normalized spacial score (nSPS) is 17.0. The zero-order valence-electron chi connectivity index (χ0n) is 14.7. The van der Waals surface area contributed by atoms with E-state index in [0.717, 1.165) is 6.42 Å². The summed E-state index contributed by atoms with van der Waals surface area (Å²) < 4.78 is 11.1. The molecule has 0 aliphatic heterocycles. The number of benzene rings is 1. The topological polar surface area (TPSA) is 90.4 Å². The SMILES string of the molecule is COC(=O)/C1=C(\C(=O)OC)c2c([nH]n(-c3ccccc3)c2=O)CCCC1. The van der Waals surface area contributed by atoms with E-state index in [4.69, 9.17) is 9.47 Å². The molecule has 26 heavy (non-hydrogen) atoms. The number of carbonyl (C=O) groups is 2. The number of ether oxygens (including phenoxy) is 2. The van der Waals surface area contributed by atoms with Crippen LogP contribution in [0.15, 0.2) is 40.7 Å². The van der Waals surface area contributed by atoms with Gasteiger partial charge in [0.15, 0.2) is 0 Å². The van der Waals surface area contributed by atoms with Gasteiger partial charge in [0, 0.05) is 5.69 Å². The van der Waals surface area contributed by atoms with Crippen molar-refractivity contribution in [3.05, 3.63) is 57.5 Å². The Labute approximate surface area is 150 Å². The van der Waals surface area contributed by atoms with E-state index in [0.29, 0.717) is 30.6 Å². The average molecular weight is 356 g/mol. The lowest BCUT2D eigenvalue weighted by Gasteiger charge is -2.15. The van der Waals surface area contributed by atoms with Crippen molar-refractivity contribution in [1.82, 2.24) is 9.78 Å². The van der Waals surface area contributed by atoms with Gasteiger partial charge in [-0.3, -0.25) is 9.89 Å². The Hall–Kier alpha value is -3.09. The number of rotatable bonds is 3. The molecule has 1 aliphatic carbocycles.